The van der Waals surface area contributed by atoms with Crippen LogP contribution >= 0.6 is 0 Å². The second-order valence-electron chi connectivity index (χ2n) is 8.86. The molecule has 0 aliphatic carbocycles. The van der Waals surface area contributed by atoms with Crippen molar-refractivity contribution in [2.45, 2.75) is 0 Å². The minimum Gasteiger partial charge on any atom is -0.457 e. The molecular weight excluding hydrogens is 1200 g/mol. The molecule has 2 saturated heterocycles. The van der Waals surface area contributed by atoms with Gasteiger partial charge in [0.25, 0.3) is 0 Å². The Balaban J connectivity index is -0.0000000305. The second-order valence-corrected chi connectivity index (χ2v) is 11.9. The molecule has 2 fully saturated rings. The summed E-state index contributed by atoms with van der Waals surface area (Å²) < 4.78 is 200. The molecule has 0 aromatic heterocycles. The minimum atomic E-state index is -4.94. The number of hydrogen-bond donors (Lipinski definition) is 0. The summed E-state index contributed by atoms with van der Waals surface area (Å²) in [5, 5.41) is 0. The largest absolute Gasteiger partial charge is 2.00 e. The van der Waals surface area contributed by atoms with E-state index >= 15 is 0 Å². The molecule has 2 rings (SSSR count). The van der Waals surface area contributed by atoms with Crippen molar-refractivity contribution in [3.05, 3.63) is 0 Å². The smallest absolute Gasteiger partial charge is 0.457 e. The van der Waals surface area contributed by atoms with Crippen molar-refractivity contribution >= 4 is 0 Å². The van der Waals surface area contributed by atoms with Crippen molar-refractivity contribution in [2.75, 3.05) is 159 Å². The third kappa shape index (κ3) is 234. The third-order valence-corrected chi connectivity index (χ3v) is 4.46. The molecule has 2 heterocycles. The van der Waals surface area contributed by atoms with Crippen LogP contribution in [0.15, 0.2) is 0 Å². The van der Waals surface area contributed by atoms with Crippen molar-refractivity contribution in [1.82, 2.24) is 0 Å². The van der Waals surface area contributed by atoms with Gasteiger partial charge in [0.1, 0.15) is 0 Å². The van der Waals surface area contributed by atoms with Crippen molar-refractivity contribution in [3.63, 3.8) is 0 Å². The topological polar surface area (TPSA) is 876 Å². The van der Waals surface area contributed by atoms with Crippen molar-refractivity contribution in [3.8, 4) is 0 Å². The van der Waals surface area contributed by atoms with Crippen molar-refractivity contribution < 1.29 is 277 Å². The van der Waals surface area contributed by atoms with Gasteiger partial charge in [-0.3, -0.25) is 0 Å². The Hall–Kier alpha value is 0.807. The van der Waals surface area contributed by atoms with E-state index in [2.05, 4.69) is 0 Å². The summed E-state index contributed by atoms with van der Waals surface area (Å²) in [5.41, 5.74) is 0. The first kappa shape index (κ1) is 124. The summed E-state index contributed by atoms with van der Waals surface area (Å²) in [6, 6.07) is 0. The maximum atomic E-state index is 8.49. The molecule has 2 aliphatic rings. The predicted octanol–water partition coefficient (Wildman–Crippen LogP) is -29.9. The zero-order valence-electron chi connectivity index (χ0n) is 38.3. The SMILES string of the molecule is C1COCCOCCOCCOCCOCCO1.C1COCCOCCOCCOCCOCCO1.[O-][Cl+3]([O-])([O-])[O-].[O-][Cl+3]([O-])([O-])[O-].[O-][Cl+3]([O-])([O-])[O-].[O-][Cl+3]([O-])([O-])[O-].[OH3+].[OH3+].[OH3+].[OH3+].[OH3+].[OH3+].[OH3+].[OH3+].[OH3+].[OH3+].[OH3+].[OH3+].[Zn+2].[Zn+2]. The van der Waals surface area contributed by atoms with Gasteiger partial charge in [0.15, 0.2) is 0 Å². The molecule has 0 unspecified atom stereocenters. The molecule has 0 saturated carbocycles. The molecule has 0 bridgehead atoms. The fraction of sp³-hybridized carbons (Fsp3) is 1.00. The van der Waals surface area contributed by atoms with Crippen LogP contribution in [0.1, 0.15) is 0 Å². The van der Waals surface area contributed by atoms with Crippen LogP contribution in [0.2, 0.25) is 0 Å². The second kappa shape index (κ2) is 89.4. The van der Waals surface area contributed by atoms with Gasteiger partial charge in [-0.15, -0.1) is 41.0 Å². The molecule has 440 valence electrons. The normalized spacial score (nSPS) is 15.8. The van der Waals surface area contributed by atoms with E-state index in [0.29, 0.717) is 159 Å². The van der Waals surface area contributed by atoms with Crippen LogP contribution in [0.5, 0.6) is 0 Å². The van der Waals surface area contributed by atoms with Gasteiger partial charge >= 0.3 is 39.0 Å². The van der Waals surface area contributed by atoms with Crippen molar-refractivity contribution in [1.29, 1.82) is 0 Å². The average Bonchev–Trinajstić information content (AvgIpc) is 3.02. The van der Waals surface area contributed by atoms with Crippen LogP contribution in [0.25, 0.3) is 0 Å². The first-order chi connectivity index (χ1) is 26.0. The molecule has 70 heavy (non-hydrogen) atoms. The zero-order chi connectivity index (χ0) is 43.5. The van der Waals surface area contributed by atoms with E-state index in [1.165, 1.54) is 0 Å². The predicted molar refractivity (Wildman–Crippen MR) is 188 cm³/mol. The summed E-state index contributed by atoms with van der Waals surface area (Å²) in [4.78, 5) is 0. The number of ether oxygens (including phenoxy) is 12. The summed E-state index contributed by atoms with van der Waals surface area (Å²) in [7, 11) is -19.8. The monoisotopic (exact) mass is 1280 g/mol. The third-order valence-electron chi connectivity index (χ3n) is 4.46. The molecule has 0 spiro atoms. The van der Waals surface area contributed by atoms with Crippen LogP contribution in [0, 0.1) is 41.0 Å². The molecule has 0 radical (unpaired) electrons. The average molecular weight is 1290 g/mol. The van der Waals surface area contributed by atoms with Crippen LogP contribution in [-0.2, 0) is 162 Å². The van der Waals surface area contributed by atoms with E-state index in [4.69, 9.17) is 131 Å². The van der Waals surface area contributed by atoms with Gasteiger partial charge in [-0.1, -0.05) is 0 Å². The first-order valence-electron chi connectivity index (χ1n) is 15.4. The molecule has 0 aromatic carbocycles. The van der Waals surface area contributed by atoms with Crippen LogP contribution < -0.4 is 74.5 Å². The summed E-state index contributed by atoms with van der Waals surface area (Å²) in [6.45, 7) is 14.1. The van der Waals surface area contributed by atoms with Gasteiger partial charge in [-0.25, -0.2) is 74.5 Å². The van der Waals surface area contributed by atoms with Crippen LogP contribution in [0.3, 0.4) is 0 Å². The van der Waals surface area contributed by atoms with E-state index in [-0.39, 0.29) is 105 Å². The molecule has 0 amide bonds. The Bertz CT molecular complexity index is 509. The zero-order valence-corrected chi connectivity index (χ0v) is 47.2. The molecular formula is C24H84Cl4O40Zn2+12. The molecule has 46 heteroatoms. The molecule has 0 aromatic rings. The van der Waals surface area contributed by atoms with Gasteiger partial charge in [0.2, 0.25) is 0 Å². The Labute approximate surface area is 434 Å². The van der Waals surface area contributed by atoms with Crippen LogP contribution in [0.4, 0.5) is 0 Å². The van der Waals surface area contributed by atoms with E-state index in [1.54, 1.807) is 0 Å². The van der Waals surface area contributed by atoms with Gasteiger partial charge in [0.05, 0.1) is 159 Å². The van der Waals surface area contributed by atoms with E-state index in [1.807, 2.05) is 0 Å². The number of hydrogen-bond acceptors (Lipinski definition) is 28. The fourth-order valence-electron chi connectivity index (χ4n) is 2.64. The summed E-state index contributed by atoms with van der Waals surface area (Å²) in [6.07, 6.45) is 0. The molecule has 2 aliphatic heterocycles. The Morgan fingerprint density at radius 3 is 0.200 bits per heavy atom. The van der Waals surface area contributed by atoms with Gasteiger partial charge in [0, 0.05) is 0 Å². The van der Waals surface area contributed by atoms with Gasteiger partial charge < -0.3 is 123 Å². The first-order valence-corrected chi connectivity index (χ1v) is 20.3. The summed E-state index contributed by atoms with van der Waals surface area (Å²) >= 11 is 0. The minimum absolute atomic E-state index is 0. The van der Waals surface area contributed by atoms with Crippen LogP contribution in [-0.4, -0.2) is 159 Å². The molecule has 0 atom stereocenters. The number of halogens is 4. The Morgan fingerprint density at radius 2 is 0.171 bits per heavy atom. The Kier molecular flexibility index (Phi) is 158. The fourth-order valence-corrected chi connectivity index (χ4v) is 2.64. The van der Waals surface area contributed by atoms with E-state index in [0.717, 1.165) is 0 Å². The van der Waals surface area contributed by atoms with Gasteiger partial charge in [-0.2, -0.15) is 0 Å². The molecule has 40 nitrogen and oxygen atoms in total. The Morgan fingerprint density at radius 1 is 0.143 bits per heavy atom. The maximum Gasteiger partial charge on any atom is 2.00 e. The maximum absolute atomic E-state index is 8.49. The quantitative estimate of drug-likeness (QED) is 0.160. The van der Waals surface area contributed by atoms with Crippen molar-refractivity contribution in [2.24, 2.45) is 0 Å². The van der Waals surface area contributed by atoms with E-state index < -0.39 is 41.0 Å². The standard InChI is InChI=1S/2C12H24O6.4ClHO4.12H2O.2Zn/c2*1-2-14-5-6-16-9-10-18-12-11-17-8-7-15-4-3-13-1;4*2-1(3,4)5;;;;;;;;;;;;;;/h2*1-12H2;4*(H,2,3,4,5);12*1H2;;/q;;;;;;;;;;;;;;;;;;2*+2/p+8. The van der Waals surface area contributed by atoms with Gasteiger partial charge in [-0.05, 0) is 0 Å². The summed E-state index contributed by atoms with van der Waals surface area (Å²) in [5.74, 6) is 0. The number of rotatable bonds is 0. The van der Waals surface area contributed by atoms with E-state index in [9.17, 15) is 0 Å². The molecule has 36 N–H and O–H groups in total.